The Balaban J connectivity index is 2.04. The highest BCUT2D eigenvalue weighted by Crippen LogP contribution is 2.30. The zero-order valence-corrected chi connectivity index (χ0v) is 10.9. The molecule has 90 valence electrons. The van der Waals surface area contributed by atoms with Gasteiger partial charge in [0.2, 0.25) is 0 Å². The third-order valence-electron chi connectivity index (χ3n) is 3.82. The highest BCUT2D eigenvalue weighted by molar-refractivity contribution is 5.20. The fourth-order valence-electron chi connectivity index (χ4n) is 2.83. The summed E-state index contributed by atoms with van der Waals surface area (Å²) in [6.45, 7) is 9.21. The summed E-state index contributed by atoms with van der Waals surface area (Å²) in [4.78, 5) is 2.57. The lowest BCUT2D eigenvalue weighted by molar-refractivity contribution is 0.169. The number of aryl methyl sites for hydroxylation is 2. The minimum atomic E-state index is 0.689. The monoisotopic (exact) mass is 221 g/mol. The first-order valence-electron chi connectivity index (χ1n) is 6.32. The molecule has 0 unspecified atom stereocenters. The van der Waals surface area contributed by atoms with E-state index in [1.807, 2.05) is 6.20 Å². The molecule has 1 fully saturated rings. The van der Waals surface area contributed by atoms with Gasteiger partial charge in [-0.15, -0.1) is 0 Å². The van der Waals surface area contributed by atoms with E-state index in [2.05, 4.69) is 42.5 Å². The molecule has 0 saturated carbocycles. The van der Waals surface area contributed by atoms with Gasteiger partial charge in [0, 0.05) is 24.7 Å². The van der Waals surface area contributed by atoms with Crippen LogP contribution >= 0.6 is 0 Å². The summed E-state index contributed by atoms with van der Waals surface area (Å²) >= 11 is 0. The van der Waals surface area contributed by atoms with Crippen molar-refractivity contribution in [2.45, 2.75) is 45.6 Å². The van der Waals surface area contributed by atoms with Gasteiger partial charge in [-0.25, -0.2) is 0 Å². The summed E-state index contributed by atoms with van der Waals surface area (Å²) < 4.78 is 2.06. The van der Waals surface area contributed by atoms with Crippen LogP contribution in [0.25, 0.3) is 0 Å². The predicted molar refractivity (Wildman–Crippen MR) is 66.6 cm³/mol. The molecule has 1 aromatic heterocycles. The summed E-state index contributed by atoms with van der Waals surface area (Å²) in [6.07, 6.45) is 4.54. The average molecular weight is 221 g/mol. The van der Waals surface area contributed by atoms with Gasteiger partial charge < -0.3 is 4.90 Å². The summed E-state index contributed by atoms with van der Waals surface area (Å²) in [5.74, 6) is 0.711. The molecule has 2 heterocycles. The second-order valence-electron chi connectivity index (χ2n) is 5.24. The van der Waals surface area contributed by atoms with Crippen molar-refractivity contribution in [3.05, 3.63) is 17.5 Å². The molecule has 3 heteroatoms. The van der Waals surface area contributed by atoms with Crippen LogP contribution in [0.2, 0.25) is 0 Å². The Morgan fingerprint density at radius 2 is 1.94 bits per heavy atom. The number of rotatable bonds is 2. The van der Waals surface area contributed by atoms with Crippen molar-refractivity contribution in [1.82, 2.24) is 14.7 Å². The first-order valence-corrected chi connectivity index (χ1v) is 6.32. The molecule has 2 rings (SSSR count). The van der Waals surface area contributed by atoms with Crippen LogP contribution in [0, 0.1) is 6.92 Å². The van der Waals surface area contributed by atoms with Crippen molar-refractivity contribution in [3.63, 3.8) is 0 Å². The fraction of sp³-hybridized carbons (Fsp3) is 0.769. The highest BCUT2D eigenvalue weighted by atomic mass is 15.3. The minimum Gasteiger partial charge on any atom is -0.301 e. The molecule has 1 aliphatic heterocycles. The van der Waals surface area contributed by atoms with E-state index in [0.29, 0.717) is 12.0 Å². The molecule has 0 aliphatic carbocycles. The van der Waals surface area contributed by atoms with Crippen molar-refractivity contribution in [3.8, 4) is 0 Å². The summed E-state index contributed by atoms with van der Waals surface area (Å²) in [7, 11) is 2.07. The number of likely N-dealkylation sites (tertiary alicyclic amines) is 1. The molecular weight excluding hydrogens is 198 g/mol. The molecule has 1 aromatic rings. The van der Waals surface area contributed by atoms with E-state index >= 15 is 0 Å². The van der Waals surface area contributed by atoms with E-state index in [4.69, 9.17) is 0 Å². The molecule has 3 nitrogen and oxygen atoms in total. The van der Waals surface area contributed by atoms with Gasteiger partial charge in [0.05, 0.1) is 6.20 Å². The van der Waals surface area contributed by atoms with Crippen molar-refractivity contribution >= 4 is 0 Å². The lowest BCUT2D eigenvalue weighted by Gasteiger charge is -2.34. The molecule has 0 aromatic carbocycles. The molecule has 16 heavy (non-hydrogen) atoms. The molecule has 0 bridgehead atoms. The first-order chi connectivity index (χ1) is 7.59. The second kappa shape index (κ2) is 4.58. The van der Waals surface area contributed by atoms with Crippen molar-refractivity contribution < 1.29 is 0 Å². The van der Waals surface area contributed by atoms with Gasteiger partial charge in [0.1, 0.15) is 0 Å². The van der Waals surface area contributed by atoms with E-state index < -0.39 is 0 Å². The molecule has 0 radical (unpaired) electrons. The summed E-state index contributed by atoms with van der Waals surface area (Å²) in [5.41, 5.74) is 2.80. The molecule has 0 atom stereocenters. The van der Waals surface area contributed by atoms with Crippen LogP contribution in [-0.4, -0.2) is 33.8 Å². The molecule has 0 spiro atoms. The lowest BCUT2D eigenvalue weighted by atomic mass is 9.91. The number of piperidine rings is 1. The van der Waals surface area contributed by atoms with Gasteiger partial charge in [0.25, 0.3) is 0 Å². The third kappa shape index (κ3) is 2.14. The van der Waals surface area contributed by atoms with Crippen molar-refractivity contribution in [2.75, 3.05) is 13.1 Å². The first kappa shape index (κ1) is 11.6. The summed E-state index contributed by atoms with van der Waals surface area (Å²) in [6, 6.07) is 0.689. The Labute approximate surface area is 98.4 Å². The SMILES string of the molecule is Cc1cnn(C)c1C1CCN(C(C)C)CC1. The van der Waals surface area contributed by atoms with E-state index in [1.165, 1.54) is 37.2 Å². The van der Waals surface area contributed by atoms with E-state index in [9.17, 15) is 0 Å². The van der Waals surface area contributed by atoms with Crippen LogP contribution in [0.3, 0.4) is 0 Å². The van der Waals surface area contributed by atoms with Crippen molar-refractivity contribution in [2.24, 2.45) is 7.05 Å². The van der Waals surface area contributed by atoms with E-state index in [-0.39, 0.29) is 0 Å². The number of nitrogens with zero attached hydrogens (tertiary/aromatic N) is 3. The highest BCUT2D eigenvalue weighted by Gasteiger charge is 2.24. The van der Waals surface area contributed by atoms with Gasteiger partial charge in [-0.05, 0) is 52.3 Å². The lowest BCUT2D eigenvalue weighted by Crippen LogP contribution is -2.38. The number of hydrogen-bond donors (Lipinski definition) is 0. The van der Waals surface area contributed by atoms with E-state index in [1.54, 1.807) is 0 Å². The topological polar surface area (TPSA) is 21.1 Å². The Morgan fingerprint density at radius 1 is 1.31 bits per heavy atom. The van der Waals surface area contributed by atoms with Gasteiger partial charge in [-0.2, -0.15) is 5.10 Å². The largest absolute Gasteiger partial charge is 0.301 e. The van der Waals surface area contributed by atoms with Gasteiger partial charge in [-0.1, -0.05) is 0 Å². The molecule has 0 N–H and O–H groups in total. The zero-order chi connectivity index (χ0) is 11.7. The summed E-state index contributed by atoms with van der Waals surface area (Å²) in [5, 5.41) is 4.35. The van der Waals surface area contributed by atoms with Gasteiger partial charge in [-0.3, -0.25) is 4.68 Å². The van der Waals surface area contributed by atoms with Crippen LogP contribution in [0.1, 0.15) is 43.9 Å². The number of hydrogen-bond acceptors (Lipinski definition) is 2. The molecular formula is C13H23N3. The standard InChI is InChI=1S/C13H23N3/c1-10(2)16-7-5-12(6-8-16)13-11(3)9-14-15(13)4/h9-10,12H,5-8H2,1-4H3. The molecule has 0 amide bonds. The predicted octanol–water partition coefficient (Wildman–Crippen LogP) is 2.32. The van der Waals surface area contributed by atoms with E-state index in [0.717, 1.165) is 0 Å². The van der Waals surface area contributed by atoms with Crippen LogP contribution in [-0.2, 0) is 7.05 Å². The maximum Gasteiger partial charge on any atom is 0.0521 e. The Kier molecular flexibility index (Phi) is 3.33. The number of aromatic nitrogens is 2. The van der Waals surface area contributed by atoms with Crippen LogP contribution in [0.4, 0.5) is 0 Å². The minimum absolute atomic E-state index is 0.689. The Bertz CT molecular complexity index is 327. The van der Waals surface area contributed by atoms with Crippen LogP contribution < -0.4 is 0 Å². The van der Waals surface area contributed by atoms with Crippen molar-refractivity contribution in [1.29, 1.82) is 0 Å². The van der Waals surface area contributed by atoms with Gasteiger partial charge in [0.15, 0.2) is 0 Å². The maximum absolute atomic E-state index is 4.35. The normalized spacial score (nSPS) is 19.6. The third-order valence-corrected chi connectivity index (χ3v) is 3.82. The molecule has 1 saturated heterocycles. The van der Waals surface area contributed by atoms with Crippen LogP contribution in [0.15, 0.2) is 6.20 Å². The second-order valence-corrected chi connectivity index (χ2v) is 5.24. The zero-order valence-electron chi connectivity index (χ0n) is 10.9. The Morgan fingerprint density at radius 3 is 2.38 bits per heavy atom. The fourth-order valence-corrected chi connectivity index (χ4v) is 2.83. The van der Waals surface area contributed by atoms with Gasteiger partial charge >= 0.3 is 0 Å². The maximum atomic E-state index is 4.35. The Hall–Kier alpha value is -0.830. The smallest absolute Gasteiger partial charge is 0.0521 e. The molecule has 1 aliphatic rings. The average Bonchev–Trinajstić information content (AvgIpc) is 2.59. The quantitative estimate of drug-likeness (QED) is 0.764. The van der Waals surface area contributed by atoms with Crippen LogP contribution in [0.5, 0.6) is 0 Å².